The van der Waals surface area contributed by atoms with Gasteiger partial charge in [0.1, 0.15) is 17.3 Å². The predicted octanol–water partition coefficient (Wildman–Crippen LogP) is 13.6. The van der Waals surface area contributed by atoms with E-state index in [-0.39, 0.29) is 5.82 Å². The topological polar surface area (TPSA) is 18.5 Å². The molecule has 4 heteroatoms. The van der Waals surface area contributed by atoms with Gasteiger partial charge in [-0.15, -0.1) is 0 Å². The molecule has 0 aromatic heterocycles. The maximum Gasteiger partial charge on any atom is 0.126 e. The molecular weight excluding hydrogens is 639 g/mol. The van der Waals surface area contributed by atoms with Crippen molar-refractivity contribution in [2.45, 2.75) is 109 Å². The number of hydrogen-bond donors (Lipinski definition) is 0. The molecule has 4 aromatic carbocycles. The van der Waals surface area contributed by atoms with Crippen LogP contribution in [0.2, 0.25) is 5.02 Å². The van der Waals surface area contributed by atoms with Crippen molar-refractivity contribution in [1.82, 2.24) is 0 Å². The van der Waals surface area contributed by atoms with Crippen molar-refractivity contribution in [2.24, 2.45) is 23.7 Å². The minimum atomic E-state index is -0.0660. The molecule has 0 aliphatic rings. The summed E-state index contributed by atoms with van der Waals surface area (Å²) in [5.74, 6) is 4.52. The van der Waals surface area contributed by atoms with E-state index in [2.05, 4.69) is 125 Å². The van der Waals surface area contributed by atoms with Gasteiger partial charge in [0.15, 0.2) is 0 Å². The van der Waals surface area contributed by atoms with Crippen LogP contribution in [0.1, 0.15) is 99.9 Å². The molecule has 0 spiro atoms. The fourth-order valence-electron chi connectivity index (χ4n) is 5.44. The molecule has 0 fully saturated rings. The lowest BCUT2D eigenvalue weighted by atomic mass is 10.0. The molecule has 4 aromatic rings. The number of rotatable bonds is 10. The number of hydrogen-bond acceptors (Lipinski definition) is 2. The second-order valence-electron chi connectivity index (χ2n) is 15.2. The molecule has 0 unspecified atom stereocenters. The molecule has 0 aliphatic heterocycles. The first-order valence-electron chi connectivity index (χ1n) is 18.2. The van der Waals surface area contributed by atoms with E-state index in [4.69, 9.17) is 21.1 Å². The second kappa shape index (κ2) is 23.2. The molecule has 0 saturated carbocycles. The SMILES string of the molecule is COc1cc(C)ccc1CC(C)C.COc1cc(CC(C)C)ccc1C.Cc1ccc(CC(C)C)c(Cl)c1.Cc1ccc(CC(C)C)c(F)c1. The summed E-state index contributed by atoms with van der Waals surface area (Å²) in [4.78, 5) is 0. The molecule has 4 rings (SSSR count). The van der Waals surface area contributed by atoms with Gasteiger partial charge in [-0.25, -0.2) is 4.39 Å². The van der Waals surface area contributed by atoms with Crippen LogP contribution in [0.15, 0.2) is 72.8 Å². The molecule has 0 radical (unpaired) electrons. The summed E-state index contributed by atoms with van der Waals surface area (Å²) in [6, 6.07) is 24.5. The Balaban J connectivity index is 0.000000334. The van der Waals surface area contributed by atoms with Gasteiger partial charge in [-0.3, -0.25) is 0 Å². The quantitative estimate of drug-likeness (QED) is 0.164. The summed E-state index contributed by atoms with van der Waals surface area (Å²) in [5.41, 5.74) is 9.43. The van der Waals surface area contributed by atoms with Crippen molar-refractivity contribution >= 4 is 11.6 Å². The van der Waals surface area contributed by atoms with Gasteiger partial charge >= 0.3 is 0 Å². The standard InChI is InChI=1S/2C12H18O.C11H15Cl.C11H15F/c1-9(2)7-11-6-5-10(3)12(8-11)13-4;1-9(2)7-11-6-5-10(3)8-12(11)13-4;2*1-8(2)6-10-5-4-9(3)7-11(10)12/h2*5-6,8-9H,7H2,1-4H3;2*4-5,7-8H,6H2,1-3H3. The normalized spacial score (nSPS) is 10.6. The summed E-state index contributed by atoms with van der Waals surface area (Å²) < 4.78 is 23.8. The van der Waals surface area contributed by atoms with Crippen molar-refractivity contribution < 1.29 is 13.9 Å². The van der Waals surface area contributed by atoms with Crippen molar-refractivity contribution in [1.29, 1.82) is 0 Å². The molecule has 0 N–H and O–H groups in total. The lowest BCUT2D eigenvalue weighted by molar-refractivity contribution is 0.406. The summed E-state index contributed by atoms with van der Waals surface area (Å²) in [7, 11) is 3.46. The Hall–Kier alpha value is -3.30. The third-order valence-electron chi connectivity index (χ3n) is 7.86. The lowest BCUT2D eigenvalue weighted by Crippen LogP contribution is -1.97. The van der Waals surface area contributed by atoms with Gasteiger partial charge in [0, 0.05) is 5.02 Å². The van der Waals surface area contributed by atoms with Crippen LogP contribution in [0.25, 0.3) is 0 Å². The monoisotopic (exact) mass is 704 g/mol. The van der Waals surface area contributed by atoms with E-state index in [0.29, 0.717) is 23.7 Å². The van der Waals surface area contributed by atoms with E-state index in [1.165, 1.54) is 33.4 Å². The lowest BCUT2D eigenvalue weighted by Gasteiger charge is -2.10. The number of halogens is 2. The van der Waals surface area contributed by atoms with E-state index < -0.39 is 0 Å². The van der Waals surface area contributed by atoms with Crippen molar-refractivity contribution in [3.63, 3.8) is 0 Å². The van der Waals surface area contributed by atoms with Gasteiger partial charge in [0.25, 0.3) is 0 Å². The number of aryl methyl sites for hydroxylation is 4. The first-order valence-corrected chi connectivity index (χ1v) is 18.6. The van der Waals surface area contributed by atoms with E-state index in [1.54, 1.807) is 20.3 Å². The zero-order valence-corrected chi connectivity index (χ0v) is 34.4. The number of benzene rings is 4. The number of methoxy groups -OCH3 is 2. The summed E-state index contributed by atoms with van der Waals surface area (Å²) in [5, 5.41) is 0.906. The Morgan fingerprint density at radius 3 is 1.42 bits per heavy atom. The highest BCUT2D eigenvalue weighted by molar-refractivity contribution is 6.31. The van der Waals surface area contributed by atoms with E-state index in [0.717, 1.165) is 53.3 Å². The third-order valence-corrected chi connectivity index (χ3v) is 8.21. The average molecular weight is 705 g/mol. The Morgan fingerprint density at radius 2 is 0.940 bits per heavy atom. The van der Waals surface area contributed by atoms with Gasteiger partial charge in [-0.05, 0) is 146 Å². The Bertz CT molecular complexity index is 1500. The van der Waals surface area contributed by atoms with Crippen LogP contribution in [0.4, 0.5) is 4.39 Å². The second-order valence-corrected chi connectivity index (χ2v) is 15.6. The van der Waals surface area contributed by atoms with Crippen molar-refractivity contribution in [2.75, 3.05) is 14.2 Å². The zero-order valence-electron chi connectivity index (χ0n) is 33.6. The Labute approximate surface area is 310 Å². The Morgan fingerprint density at radius 1 is 0.500 bits per heavy atom. The highest BCUT2D eigenvalue weighted by atomic mass is 35.5. The van der Waals surface area contributed by atoms with Gasteiger partial charge in [0.05, 0.1) is 14.2 Å². The van der Waals surface area contributed by atoms with Crippen LogP contribution < -0.4 is 9.47 Å². The van der Waals surface area contributed by atoms with Gasteiger partial charge in [-0.2, -0.15) is 0 Å². The zero-order chi connectivity index (χ0) is 38.0. The molecule has 2 nitrogen and oxygen atoms in total. The molecule has 0 saturated heterocycles. The molecule has 0 amide bonds. The Kier molecular flexibility index (Phi) is 20.8. The molecule has 50 heavy (non-hydrogen) atoms. The van der Waals surface area contributed by atoms with E-state index in [9.17, 15) is 4.39 Å². The van der Waals surface area contributed by atoms with Crippen LogP contribution >= 0.6 is 11.6 Å². The predicted molar refractivity (Wildman–Crippen MR) is 217 cm³/mol. The van der Waals surface area contributed by atoms with Crippen molar-refractivity contribution in [3.8, 4) is 11.5 Å². The highest BCUT2D eigenvalue weighted by Crippen LogP contribution is 2.23. The largest absolute Gasteiger partial charge is 0.496 e. The van der Waals surface area contributed by atoms with Crippen LogP contribution in [0.5, 0.6) is 11.5 Å². The maximum atomic E-state index is 13.2. The molecule has 0 atom stereocenters. The minimum Gasteiger partial charge on any atom is -0.496 e. The molecular formula is C46H66ClFO2. The first-order chi connectivity index (χ1) is 23.4. The first kappa shape index (κ1) is 44.7. The number of ether oxygens (including phenoxy) is 2. The summed E-state index contributed by atoms with van der Waals surface area (Å²) in [6.07, 6.45) is 4.10. The van der Waals surface area contributed by atoms with Gasteiger partial charge in [0.2, 0.25) is 0 Å². The summed E-state index contributed by atoms with van der Waals surface area (Å²) >= 11 is 6.07. The van der Waals surface area contributed by atoms with Crippen LogP contribution in [0.3, 0.4) is 0 Å². The maximum absolute atomic E-state index is 13.2. The molecule has 0 aliphatic carbocycles. The smallest absolute Gasteiger partial charge is 0.126 e. The molecule has 0 heterocycles. The van der Waals surface area contributed by atoms with Crippen LogP contribution in [-0.4, -0.2) is 14.2 Å². The van der Waals surface area contributed by atoms with Crippen LogP contribution in [-0.2, 0) is 25.7 Å². The third kappa shape index (κ3) is 18.1. The average Bonchev–Trinajstić information content (AvgIpc) is 3.02. The van der Waals surface area contributed by atoms with E-state index >= 15 is 0 Å². The fourth-order valence-corrected chi connectivity index (χ4v) is 5.75. The minimum absolute atomic E-state index is 0.0660. The van der Waals surface area contributed by atoms with E-state index in [1.807, 2.05) is 25.1 Å². The van der Waals surface area contributed by atoms with Gasteiger partial charge in [-0.1, -0.05) is 116 Å². The summed E-state index contributed by atoms with van der Waals surface area (Å²) in [6.45, 7) is 25.6. The molecule has 0 bridgehead atoms. The van der Waals surface area contributed by atoms with Crippen molar-refractivity contribution in [3.05, 3.63) is 128 Å². The van der Waals surface area contributed by atoms with Crippen LogP contribution in [0, 0.1) is 57.2 Å². The molecule has 276 valence electrons. The highest BCUT2D eigenvalue weighted by Gasteiger charge is 2.06. The van der Waals surface area contributed by atoms with Gasteiger partial charge < -0.3 is 9.47 Å². The fraction of sp³-hybridized carbons (Fsp3) is 0.478.